The molecule has 1 aromatic rings. The number of carbonyl (C=O) groups is 2. The number of benzene rings is 1. The Labute approximate surface area is 104 Å². The van der Waals surface area contributed by atoms with Crippen LogP contribution >= 0.6 is 0 Å². The van der Waals surface area contributed by atoms with Crippen molar-refractivity contribution in [2.45, 2.75) is 13.3 Å². The summed E-state index contributed by atoms with van der Waals surface area (Å²) in [6.45, 7) is 1.83. The summed E-state index contributed by atoms with van der Waals surface area (Å²) in [5, 5.41) is 0. The zero-order chi connectivity index (χ0) is 13.5. The van der Waals surface area contributed by atoms with Crippen molar-refractivity contribution in [1.82, 2.24) is 0 Å². The Morgan fingerprint density at radius 2 is 2.17 bits per heavy atom. The van der Waals surface area contributed by atoms with Crippen molar-refractivity contribution in [1.29, 1.82) is 0 Å². The number of halogens is 1. The number of amides is 1. The number of hydrogen-bond donors (Lipinski definition) is 1. The average molecular weight is 251 g/mol. The number of ether oxygens (including phenoxy) is 1. The zero-order valence-electron chi connectivity index (χ0n) is 9.98. The van der Waals surface area contributed by atoms with E-state index in [2.05, 4.69) is 0 Å². The molecule has 0 saturated carbocycles. The van der Waals surface area contributed by atoms with Gasteiger partial charge in [-0.3, -0.25) is 4.79 Å². The van der Waals surface area contributed by atoms with Crippen molar-refractivity contribution < 1.29 is 18.7 Å². The number of primary amides is 1. The van der Waals surface area contributed by atoms with Gasteiger partial charge in [-0.1, -0.05) is 18.2 Å². The van der Waals surface area contributed by atoms with Crippen LogP contribution in [0.4, 0.5) is 4.39 Å². The second-order valence-electron chi connectivity index (χ2n) is 3.53. The summed E-state index contributed by atoms with van der Waals surface area (Å²) in [6, 6.07) is 4.04. The van der Waals surface area contributed by atoms with Crippen LogP contribution in [0.3, 0.4) is 0 Å². The average Bonchev–Trinajstić information content (AvgIpc) is 2.31. The third kappa shape index (κ3) is 4.01. The van der Waals surface area contributed by atoms with Gasteiger partial charge in [0, 0.05) is 6.42 Å². The molecule has 1 rings (SSSR count). The maximum Gasteiger partial charge on any atom is 0.341 e. The Kier molecular flexibility index (Phi) is 5.05. The number of nitrogens with two attached hydrogens (primary N) is 1. The SMILES string of the molecule is CCOC(=O)c1cc(C=CCC(N)=O)ccc1F. The molecule has 0 heterocycles. The lowest BCUT2D eigenvalue weighted by molar-refractivity contribution is -0.117. The molecule has 0 spiro atoms. The molecule has 4 nitrogen and oxygen atoms in total. The molecule has 0 radical (unpaired) electrons. The van der Waals surface area contributed by atoms with Crippen molar-refractivity contribution in [2.75, 3.05) is 6.61 Å². The first-order valence-electron chi connectivity index (χ1n) is 5.46. The summed E-state index contributed by atoms with van der Waals surface area (Å²) in [7, 11) is 0. The van der Waals surface area contributed by atoms with Gasteiger partial charge < -0.3 is 10.5 Å². The molecule has 0 bridgehead atoms. The minimum atomic E-state index is -0.708. The standard InChI is InChI=1S/C13H14FNO3/c1-2-18-13(17)10-8-9(6-7-11(10)14)4-3-5-12(15)16/h3-4,6-8H,2,5H2,1H3,(H2,15,16). The van der Waals surface area contributed by atoms with Crippen LogP contribution in [0.15, 0.2) is 24.3 Å². The smallest absolute Gasteiger partial charge is 0.341 e. The summed E-state index contributed by atoms with van der Waals surface area (Å²) >= 11 is 0. The summed E-state index contributed by atoms with van der Waals surface area (Å²) < 4.78 is 18.1. The monoisotopic (exact) mass is 251 g/mol. The zero-order valence-corrected chi connectivity index (χ0v) is 9.98. The van der Waals surface area contributed by atoms with Gasteiger partial charge in [-0.15, -0.1) is 0 Å². The maximum absolute atomic E-state index is 13.4. The summed E-state index contributed by atoms with van der Waals surface area (Å²) in [4.78, 5) is 22.0. The van der Waals surface area contributed by atoms with Gasteiger partial charge in [-0.05, 0) is 24.6 Å². The number of rotatable bonds is 5. The first-order chi connectivity index (χ1) is 8.54. The van der Waals surface area contributed by atoms with Gasteiger partial charge in [-0.25, -0.2) is 9.18 Å². The Bertz CT molecular complexity index is 483. The van der Waals surface area contributed by atoms with Crippen LogP contribution in [-0.2, 0) is 9.53 Å². The van der Waals surface area contributed by atoms with E-state index in [0.717, 1.165) is 0 Å². The van der Waals surface area contributed by atoms with Crippen molar-refractivity contribution in [2.24, 2.45) is 5.73 Å². The Morgan fingerprint density at radius 1 is 1.44 bits per heavy atom. The summed E-state index contributed by atoms with van der Waals surface area (Å²) in [5.74, 6) is -1.81. The van der Waals surface area contributed by atoms with E-state index < -0.39 is 17.7 Å². The van der Waals surface area contributed by atoms with Crippen LogP contribution in [0, 0.1) is 5.82 Å². The molecule has 0 aliphatic rings. The van der Waals surface area contributed by atoms with E-state index in [1.165, 1.54) is 18.2 Å². The fourth-order valence-electron chi connectivity index (χ4n) is 1.32. The van der Waals surface area contributed by atoms with Crippen LogP contribution < -0.4 is 5.73 Å². The van der Waals surface area contributed by atoms with Crippen LogP contribution in [0.1, 0.15) is 29.3 Å². The van der Waals surface area contributed by atoms with E-state index in [-0.39, 0.29) is 18.6 Å². The van der Waals surface area contributed by atoms with Crippen molar-refractivity contribution in [3.05, 3.63) is 41.2 Å². The van der Waals surface area contributed by atoms with Gasteiger partial charge in [-0.2, -0.15) is 0 Å². The lowest BCUT2D eigenvalue weighted by Crippen LogP contribution is -2.08. The molecule has 96 valence electrons. The second kappa shape index (κ2) is 6.54. The van der Waals surface area contributed by atoms with Crippen LogP contribution in [-0.4, -0.2) is 18.5 Å². The van der Waals surface area contributed by atoms with Crippen LogP contribution in [0.25, 0.3) is 6.08 Å². The van der Waals surface area contributed by atoms with Gasteiger partial charge in [0.25, 0.3) is 0 Å². The molecule has 5 heteroatoms. The molecular weight excluding hydrogens is 237 g/mol. The van der Waals surface area contributed by atoms with Gasteiger partial charge in [0.05, 0.1) is 12.2 Å². The van der Waals surface area contributed by atoms with Crippen molar-refractivity contribution >= 4 is 18.0 Å². The molecule has 0 aliphatic carbocycles. The third-order valence-electron chi connectivity index (χ3n) is 2.12. The molecule has 1 aromatic carbocycles. The van der Waals surface area contributed by atoms with Gasteiger partial charge in [0.2, 0.25) is 5.91 Å². The molecule has 18 heavy (non-hydrogen) atoms. The van der Waals surface area contributed by atoms with E-state index in [9.17, 15) is 14.0 Å². The predicted octanol–water partition coefficient (Wildman–Crippen LogP) is 1.89. The van der Waals surface area contributed by atoms with Crippen LogP contribution in [0.5, 0.6) is 0 Å². The van der Waals surface area contributed by atoms with E-state index >= 15 is 0 Å². The second-order valence-corrected chi connectivity index (χ2v) is 3.53. The highest BCUT2D eigenvalue weighted by molar-refractivity contribution is 5.90. The first-order valence-corrected chi connectivity index (χ1v) is 5.46. The highest BCUT2D eigenvalue weighted by Gasteiger charge is 2.12. The van der Waals surface area contributed by atoms with Gasteiger partial charge in [0.1, 0.15) is 5.82 Å². The molecular formula is C13H14FNO3. The van der Waals surface area contributed by atoms with E-state index in [4.69, 9.17) is 10.5 Å². The Hall–Kier alpha value is -2.17. The van der Waals surface area contributed by atoms with Crippen molar-refractivity contribution in [3.63, 3.8) is 0 Å². The lowest BCUT2D eigenvalue weighted by Gasteiger charge is -2.04. The fraction of sp³-hybridized carbons (Fsp3) is 0.231. The fourth-order valence-corrected chi connectivity index (χ4v) is 1.32. The molecule has 0 unspecified atom stereocenters. The Balaban J connectivity index is 2.90. The molecule has 2 N–H and O–H groups in total. The molecule has 0 saturated heterocycles. The topological polar surface area (TPSA) is 69.4 Å². The van der Waals surface area contributed by atoms with Crippen LogP contribution in [0.2, 0.25) is 0 Å². The third-order valence-corrected chi connectivity index (χ3v) is 2.12. The van der Waals surface area contributed by atoms with E-state index in [1.54, 1.807) is 19.1 Å². The van der Waals surface area contributed by atoms with Crippen molar-refractivity contribution in [3.8, 4) is 0 Å². The quantitative estimate of drug-likeness (QED) is 0.812. The highest BCUT2D eigenvalue weighted by Crippen LogP contribution is 2.13. The normalized spacial score (nSPS) is 10.6. The number of carbonyl (C=O) groups excluding carboxylic acids is 2. The summed E-state index contributed by atoms with van der Waals surface area (Å²) in [5.41, 5.74) is 5.45. The molecule has 0 fully saturated rings. The maximum atomic E-state index is 13.4. The molecule has 0 aromatic heterocycles. The molecule has 1 amide bonds. The van der Waals surface area contributed by atoms with Gasteiger partial charge >= 0.3 is 5.97 Å². The predicted molar refractivity (Wildman–Crippen MR) is 65.2 cm³/mol. The molecule has 0 aliphatic heterocycles. The van der Waals surface area contributed by atoms with E-state index in [1.807, 2.05) is 0 Å². The van der Waals surface area contributed by atoms with Gasteiger partial charge in [0.15, 0.2) is 0 Å². The highest BCUT2D eigenvalue weighted by atomic mass is 19.1. The lowest BCUT2D eigenvalue weighted by atomic mass is 10.1. The van der Waals surface area contributed by atoms with E-state index in [0.29, 0.717) is 5.56 Å². The summed E-state index contributed by atoms with van der Waals surface area (Å²) in [6.07, 6.45) is 3.23. The number of hydrogen-bond acceptors (Lipinski definition) is 3. The number of esters is 1. The Morgan fingerprint density at radius 3 is 2.78 bits per heavy atom. The largest absolute Gasteiger partial charge is 0.462 e. The minimum Gasteiger partial charge on any atom is -0.462 e. The minimum absolute atomic E-state index is 0.0894. The first kappa shape index (κ1) is 13.9. The molecule has 0 atom stereocenters.